The SMILES string of the molecule is CCN1C(=CC=CC2=[N+](CC)c3ccc4ccccc4c3C2(C)Cc2ccccc2)C(C)(CCCCC2(C)C(=CC=CC3=[N+](CC)c4ccc5ccccc5c4C3(C)Cc3ccccc3)N(CC)c3ccc4ccccc4c32)c2c1ccc1ccccc21. The van der Waals surface area contributed by atoms with E-state index >= 15 is 0 Å². The lowest BCUT2D eigenvalue weighted by molar-refractivity contribution is -0.433. The van der Waals surface area contributed by atoms with E-state index in [-0.39, 0.29) is 21.7 Å². The standard InChI is InChI=1S/C84H84N4/c1-9-85-69-51-47-61-35-19-23-39-65(61)77(69)81(5,73(85)43-29-45-75-83(7,57-59-31-15-13-16-32-59)79-67-41-25-21-37-63(67)49-53-71(79)87(75)11-3)55-27-28-56-82(6)74(86(10-2)70-52-48-62-36-20-24-40-66(62)78(70)82)44-30-46-76-84(8,58-60-33-17-14-18-34-60)80-68-42-26-22-38-64(68)50-54-72(80)88(76)12-4/h13-26,29-54H,9-12,27-28,55-58H2,1-8H3/q+2. The Morgan fingerprint density at radius 3 is 1.03 bits per heavy atom. The topological polar surface area (TPSA) is 12.5 Å². The first kappa shape index (κ1) is 56.9. The van der Waals surface area contributed by atoms with Crippen LogP contribution < -0.4 is 9.80 Å². The second-order valence-electron chi connectivity index (χ2n) is 26.2. The summed E-state index contributed by atoms with van der Waals surface area (Å²) < 4.78 is 5.18. The fraction of sp³-hybridized carbons (Fsp3) is 0.262. The van der Waals surface area contributed by atoms with Crippen molar-refractivity contribution >= 4 is 77.3 Å². The summed E-state index contributed by atoms with van der Waals surface area (Å²) in [5, 5.41) is 10.6. The molecule has 10 aromatic carbocycles. The van der Waals surface area contributed by atoms with Crippen molar-refractivity contribution in [3.8, 4) is 0 Å². The summed E-state index contributed by atoms with van der Waals surface area (Å²) >= 11 is 0. The second-order valence-corrected chi connectivity index (χ2v) is 26.2. The first-order chi connectivity index (χ1) is 43.0. The molecule has 14 rings (SSSR count). The van der Waals surface area contributed by atoms with E-state index in [2.05, 4.69) is 317 Å². The Morgan fingerprint density at radius 1 is 0.352 bits per heavy atom. The Bertz CT molecular complexity index is 4280. The zero-order valence-corrected chi connectivity index (χ0v) is 53.0. The minimum Gasteiger partial charge on any atom is -0.344 e. The third-order valence-electron chi connectivity index (χ3n) is 21.1. The van der Waals surface area contributed by atoms with Crippen LogP contribution >= 0.6 is 0 Å². The molecule has 4 nitrogen and oxygen atoms in total. The van der Waals surface area contributed by atoms with Crippen LogP contribution in [0.1, 0.15) is 114 Å². The fourth-order valence-corrected chi connectivity index (χ4v) is 17.2. The number of allylic oxidation sites excluding steroid dienone is 8. The number of unbranched alkanes of at least 4 members (excludes halogenated alkanes) is 1. The number of fused-ring (bicyclic) bond motifs is 12. The Balaban J connectivity index is 0.835. The molecule has 4 heteroatoms. The molecule has 0 aliphatic carbocycles. The van der Waals surface area contributed by atoms with Crippen molar-refractivity contribution in [1.29, 1.82) is 0 Å². The zero-order chi connectivity index (χ0) is 60.4. The van der Waals surface area contributed by atoms with Crippen LogP contribution in [-0.4, -0.2) is 46.8 Å². The van der Waals surface area contributed by atoms with E-state index < -0.39 is 0 Å². The van der Waals surface area contributed by atoms with Crippen LogP contribution in [0.15, 0.2) is 254 Å². The van der Waals surface area contributed by atoms with Crippen molar-refractivity contribution in [2.45, 2.75) is 116 Å². The maximum Gasteiger partial charge on any atom is 0.210 e. The summed E-state index contributed by atoms with van der Waals surface area (Å²) in [7, 11) is 0. The van der Waals surface area contributed by atoms with Crippen molar-refractivity contribution in [3.05, 3.63) is 287 Å². The van der Waals surface area contributed by atoms with Gasteiger partial charge in [-0.2, -0.15) is 9.15 Å². The number of hydrogen-bond acceptors (Lipinski definition) is 2. The molecule has 0 radical (unpaired) electrons. The molecular weight excluding hydrogens is 1060 g/mol. The average molecular weight is 1150 g/mol. The summed E-state index contributed by atoms with van der Waals surface area (Å²) in [6.45, 7) is 23.0. The van der Waals surface area contributed by atoms with Gasteiger partial charge in [-0.25, -0.2) is 0 Å². The van der Waals surface area contributed by atoms with Gasteiger partial charge in [0, 0.05) is 82.1 Å². The van der Waals surface area contributed by atoms with Gasteiger partial charge in [0.1, 0.15) is 13.1 Å². The van der Waals surface area contributed by atoms with Gasteiger partial charge in [-0.1, -0.05) is 195 Å². The van der Waals surface area contributed by atoms with Crippen molar-refractivity contribution in [3.63, 3.8) is 0 Å². The number of anilines is 2. The van der Waals surface area contributed by atoms with Crippen LogP contribution in [0, 0.1) is 0 Å². The molecule has 4 unspecified atom stereocenters. The van der Waals surface area contributed by atoms with Crippen molar-refractivity contribution in [2.24, 2.45) is 0 Å². The van der Waals surface area contributed by atoms with Crippen LogP contribution in [0.25, 0.3) is 43.1 Å². The maximum atomic E-state index is 2.63. The predicted molar refractivity (Wildman–Crippen MR) is 375 cm³/mol. The third kappa shape index (κ3) is 9.06. The van der Waals surface area contributed by atoms with Crippen molar-refractivity contribution in [1.82, 2.24) is 0 Å². The van der Waals surface area contributed by atoms with E-state index in [0.29, 0.717) is 0 Å². The summed E-state index contributed by atoms with van der Waals surface area (Å²) in [6, 6.07) is 77.4. The smallest absolute Gasteiger partial charge is 0.210 e. The van der Waals surface area contributed by atoms with Crippen molar-refractivity contribution < 1.29 is 9.15 Å². The largest absolute Gasteiger partial charge is 0.344 e. The first-order valence-corrected chi connectivity index (χ1v) is 32.8. The molecule has 0 spiro atoms. The van der Waals surface area contributed by atoms with Gasteiger partial charge < -0.3 is 9.80 Å². The molecule has 10 aromatic rings. The highest BCUT2D eigenvalue weighted by Gasteiger charge is 2.51. The maximum absolute atomic E-state index is 2.63. The molecule has 0 fully saturated rings. The third-order valence-corrected chi connectivity index (χ3v) is 21.1. The lowest BCUT2D eigenvalue weighted by Crippen LogP contribution is -2.34. The zero-order valence-electron chi connectivity index (χ0n) is 53.0. The molecule has 4 aliphatic heterocycles. The van der Waals surface area contributed by atoms with Crippen LogP contribution in [0.3, 0.4) is 0 Å². The second kappa shape index (κ2) is 22.7. The molecule has 4 heterocycles. The normalized spacial score (nSPS) is 22.3. The summed E-state index contributed by atoms with van der Waals surface area (Å²) in [5.74, 6) is 0. The number of benzene rings is 10. The van der Waals surface area contributed by atoms with Crippen LogP contribution in [0.2, 0.25) is 0 Å². The van der Waals surface area contributed by atoms with Gasteiger partial charge >= 0.3 is 0 Å². The molecule has 88 heavy (non-hydrogen) atoms. The van der Waals surface area contributed by atoms with Crippen LogP contribution in [0.5, 0.6) is 0 Å². The molecule has 4 aliphatic rings. The molecule has 4 atom stereocenters. The molecule has 0 bridgehead atoms. The Labute approximate surface area is 522 Å². The Morgan fingerprint density at radius 2 is 0.682 bits per heavy atom. The van der Waals surface area contributed by atoms with E-state index in [9.17, 15) is 0 Å². The van der Waals surface area contributed by atoms with Crippen LogP contribution in [0.4, 0.5) is 22.7 Å². The highest BCUT2D eigenvalue weighted by molar-refractivity contribution is 6.10. The van der Waals surface area contributed by atoms with E-state index in [1.54, 1.807) is 0 Å². The fourth-order valence-electron chi connectivity index (χ4n) is 17.2. The van der Waals surface area contributed by atoms with Gasteiger partial charge in [0.25, 0.3) is 0 Å². The number of rotatable bonds is 17. The van der Waals surface area contributed by atoms with Gasteiger partial charge in [0.2, 0.25) is 11.4 Å². The molecule has 0 saturated heterocycles. The average Bonchev–Trinajstić information content (AvgIpc) is 2.03. The van der Waals surface area contributed by atoms with Gasteiger partial charge in [-0.3, -0.25) is 0 Å². The Kier molecular flexibility index (Phi) is 14.7. The quantitative estimate of drug-likeness (QED) is 0.0665. The molecule has 0 aromatic heterocycles. The number of nitrogens with zero attached hydrogens (tertiary/aromatic N) is 4. The summed E-state index contributed by atoms with van der Waals surface area (Å²) in [4.78, 5) is 5.27. The van der Waals surface area contributed by atoms with Gasteiger partial charge in [0.15, 0.2) is 11.4 Å². The van der Waals surface area contributed by atoms with Gasteiger partial charge in [-0.15, -0.1) is 0 Å². The van der Waals surface area contributed by atoms with E-state index in [1.807, 2.05) is 0 Å². The molecule has 0 amide bonds. The molecule has 438 valence electrons. The van der Waals surface area contributed by atoms with E-state index in [4.69, 9.17) is 0 Å². The lowest BCUT2D eigenvalue weighted by atomic mass is 9.72. The highest BCUT2D eigenvalue weighted by atomic mass is 15.2. The lowest BCUT2D eigenvalue weighted by Gasteiger charge is -2.32. The summed E-state index contributed by atoms with van der Waals surface area (Å²) in [5.41, 5.74) is 18.3. The minimum atomic E-state index is -0.253. The number of hydrogen-bond donors (Lipinski definition) is 0. The predicted octanol–water partition coefficient (Wildman–Crippen LogP) is 20.3. The van der Waals surface area contributed by atoms with Crippen molar-refractivity contribution in [2.75, 3.05) is 36.0 Å². The van der Waals surface area contributed by atoms with E-state index in [1.165, 1.54) is 122 Å². The first-order valence-electron chi connectivity index (χ1n) is 32.8. The molecule has 0 saturated carbocycles. The van der Waals surface area contributed by atoms with Gasteiger partial charge in [0.05, 0.1) is 10.8 Å². The monoisotopic (exact) mass is 1150 g/mol. The Hall–Kier alpha value is -8.86. The molecule has 0 N–H and O–H groups in total. The number of likely N-dealkylation sites (N-methyl/N-ethyl adjacent to an activating group) is 2. The highest BCUT2D eigenvalue weighted by Crippen LogP contribution is 2.57. The van der Waals surface area contributed by atoms with E-state index in [0.717, 1.165) is 64.7 Å². The van der Waals surface area contributed by atoms with Gasteiger partial charge in [-0.05, 0) is 183 Å². The minimum absolute atomic E-state index is 0.245. The summed E-state index contributed by atoms with van der Waals surface area (Å²) in [6.07, 6.45) is 20.8. The molecular formula is C84H84N4+2. The van der Waals surface area contributed by atoms with Crippen LogP contribution in [-0.2, 0) is 34.5 Å².